The van der Waals surface area contributed by atoms with Gasteiger partial charge in [-0.05, 0) is 73.8 Å². The first kappa shape index (κ1) is 30.6. The van der Waals surface area contributed by atoms with E-state index in [0.29, 0.717) is 11.8 Å². The van der Waals surface area contributed by atoms with Gasteiger partial charge in [-0.3, -0.25) is 14.4 Å². The minimum absolute atomic E-state index is 0.0340. The van der Waals surface area contributed by atoms with Gasteiger partial charge in [-0.1, -0.05) is 60.7 Å². The summed E-state index contributed by atoms with van der Waals surface area (Å²) in [5.74, 6) is 1.15. The van der Waals surface area contributed by atoms with Crippen molar-refractivity contribution < 1.29 is 28.7 Å². The van der Waals surface area contributed by atoms with Crippen LogP contribution in [0.5, 0.6) is 0 Å². The van der Waals surface area contributed by atoms with Crippen LogP contribution in [0.1, 0.15) is 69.0 Å². The SMILES string of the molecule is COC(=O)CCC(=O)N[C@@H](CNC(=O)C(C)(Cc1ccccc1)NC(=O)OC1C2CC3CC(C2)CC1C3)c1ccccc1. The molecule has 4 saturated carbocycles. The van der Waals surface area contributed by atoms with Crippen molar-refractivity contribution in [2.24, 2.45) is 23.7 Å². The lowest BCUT2D eigenvalue weighted by Gasteiger charge is -2.53. The highest BCUT2D eigenvalue weighted by Gasteiger charge is 2.50. The highest BCUT2D eigenvalue weighted by atomic mass is 16.6. The minimum atomic E-state index is -1.31. The predicted molar refractivity (Wildman–Crippen MR) is 161 cm³/mol. The zero-order valence-electron chi connectivity index (χ0n) is 25.1. The minimum Gasteiger partial charge on any atom is -0.469 e. The summed E-state index contributed by atoms with van der Waals surface area (Å²) in [7, 11) is 1.28. The van der Waals surface area contributed by atoms with E-state index in [1.54, 1.807) is 6.92 Å². The van der Waals surface area contributed by atoms with Crippen molar-refractivity contribution in [1.82, 2.24) is 16.0 Å². The summed E-state index contributed by atoms with van der Waals surface area (Å²) in [6.07, 6.45) is 5.33. The molecule has 0 spiro atoms. The van der Waals surface area contributed by atoms with E-state index in [-0.39, 0.29) is 43.7 Å². The molecule has 6 rings (SSSR count). The number of alkyl carbamates (subject to hydrolysis) is 1. The van der Waals surface area contributed by atoms with Crippen LogP contribution in [-0.4, -0.2) is 49.2 Å². The average molecular weight is 590 g/mol. The van der Waals surface area contributed by atoms with Crippen LogP contribution in [-0.2, 0) is 30.3 Å². The molecule has 0 aromatic heterocycles. The van der Waals surface area contributed by atoms with E-state index < -0.39 is 23.6 Å². The lowest BCUT2D eigenvalue weighted by molar-refractivity contribution is -0.142. The number of amides is 3. The van der Waals surface area contributed by atoms with Gasteiger partial charge in [-0.2, -0.15) is 0 Å². The third-order valence-corrected chi connectivity index (χ3v) is 9.45. The first-order valence-corrected chi connectivity index (χ1v) is 15.4. The fourth-order valence-corrected chi connectivity index (χ4v) is 7.54. The Morgan fingerprint density at radius 2 is 1.47 bits per heavy atom. The Labute approximate surface area is 253 Å². The van der Waals surface area contributed by atoms with Crippen molar-refractivity contribution in [1.29, 1.82) is 0 Å². The van der Waals surface area contributed by atoms with Gasteiger partial charge in [0, 0.05) is 19.4 Å². The number of hydrogen-bond acceptors (Lipinski definition) is 6. The molecular formula is C34H43N3O6. The molecule has 3 amide bonds. The topological polar surface area (TPSA) is 123 Å². The maximum absolute atomic E-state index is 13.9. The largest absolute Gasteiger partial charge is 0.469 e. The summed E-state index contributed by atoms with van der Waals surface area (Å²) in [6.45, 7) is 1.80. The highest BCUT2D eigenvalue weighted by molar-refractivity contribution is 5.90. The number of benzene rings is 2. The van der Waals surface area contributed by atoms with E-state index in [0.717, 1.165) is 48.6 Å². The van der Waals surface area contributed by atoms with E-state index in [1.807, 2.05) is 60.7 Å². The van der Waals surface area contributed by atoms with Crippen LogP contribution in [0.4, 0.5) is 4.79 Å². The molecule has 9 heteroatoms. The Morgan fingerprint density at radius 3 is 2.07 bits per heavy atom. The van der Waals surface area contributed by atoms with E-state index >= 15 is 0 Å². The van der Waals surface area contributed by atoms with Crippen molar-refractivity contribution in [2.45, 2.75) is 76.0 Å². The molecule has 2 atom stereocenters. The van der Waals surface area contributed by atoms with E-state index in [2.05, 4.69) is 20.7 Å². The first-order valence-electron chi connectivity index (χ1n) is 15.4. The standard InChI is InChI=1S/C34H43N3O6/c1-34(20-22-9-5-3-6-10-22,37-33(41)43-31-26-16-23-15-24(18-26)19-27(31)17-23)32(40)35-21-28(25-11-7-4-8-12-25)36-29(38)13-14-30(39)42-2/h3-12,23-24,26-28,31H,13-21H2,1-2H3,(H,35,40)(H,36,38)(H,37,41)/t23?,24?,26?,27?,28-,31?,34?/m0/s1. The third kappa shape index (κ3) is 7.75. The van der Waals surface area contributed by atoms with Gasteiger partial charge in [0.05, 0.1) is 19.6 Å². The molecule has 230 valence electrons. The Balaban J connectivity index is 1.26. The molecule has 4 aliphatic rings. The number of rotatable bonds is 12. The predicted octanol–water partition coefficient (Wildman–Crippen LogP) is 4.47. The molecule has 0 aliphatic heterocycles. The van der Waals surface area contributed by atoms with Gasteiger partial charge in [0.1, 0.15) is 11.6 Å². The second kappa shape index (κ2) is 13.6. The molecule has 43 heavy (non-hydrogen) atoms. The lowest BCUT2D eigenvalue weighted by Crippen LogP contribution is -2.60. The fourth-order valence-electron chi connectivity index (χ4n) is 7.54. The van der Waals surface area contributed by atoms with Crippen LogP contribution in [0.2, 0.25) is 0 Å². The molecule has 4 bridgehead atoms. The first-order chi connectivity index (χ1) is 20.7. The zero-order chi connectivity index (χ0) is 30.4. The lowest BCUT2D eigenvalue weighted by atomic mass is 9.55. The summed E-state index contributed by atoms with van der Waals surface area (Å²) in [6, 6.07) is 18.3. The third-order valence-electron chi connectivity index (χ3n) is 9.45. The number of nitrogens with one attached hydrogen (secondary N) is 3. The highest BCUT2D eigenvalue weighted by Crippen LogP contribution is 2.54. The smallest absolute Gasteiger partial charge is 0.408 e. The molecule has 1 unspecified atom stereocenters. The number of hydrogen-bond donors (Lipinski definition) is 3. The molecular weight excluding hydrogens is 546 g/mol. The summed E-state index contributed by atoms with van der Waals surface area (Å²) in [5.41, 5.74) is 0.388. The summed E-state index contributed by atoms with van der Waals surface area (Å²) in [4.78, 5) is 51.5. The van der Waals surface area contributed by atoms with Crippen LogP contribution in [0, 0.1) is 23.7 Å². The Morgan fingerprint density at radius 1 is 0.860 bits per heavy atom. The second-order valence-electron chi connectivity index (χ2n) is 12.7. The molecule has 4 aliphatic carbocycles. The van der Waals surface area contributed by atoms with Crippen molar-refractivity contribution in [3.05, 3.63) is 71.8 Å². The van der Waals surface area contributed by atoms with Gasteiger partial charge in [-0.15, -0.1) is 0 Å². The Kier molecular flexibility index (Phi) is 9.68. The van der Waals surface area contributed by atoms with Gasteiger partial charge >= 0.3 is 12.1 Å². The van der Waals surface area contributed by atoms with Crippen molar-refractivity contribution >= 4 is 23.9 Å². The Hall–Kier alpha value is -3.88. The van der Waals surface area contributed by atoms with Crippen LogP contribution in [0.15, 0.2) is 60.7 Å². The van der Waals surface area contributed by atoms with Crippen LogP contribution in [0.3, 0.4) is 0 Å². The molecule has 4 fully saturated rings. The number of carbonyl (C=O) groups is 4. The average Bonchev–Trinajstić information content (AvgIpc) is 3.00. The number of methoxy groups -OCH3 is 1. The van der Waals surface area contributed by atoms with E-state index in [9.17, 15) is 19.2 Å². The number of esters is 1. The summed E-state index contributed by atoms with van der Waals surface area (Å²) in [5, 5.41) is 8.82. The van der Waals surface area contributed by atoms with Crippen LogP contribution < -0.4 is 16.0 Å². The van der Waals surface area contributed by atoms with Gasteiger partial charge in [0.25, 0.3) is 0 Å². The maximum Gasteiger partial charge on any atom is 0.408 e. The van der Waals surface area contributed by atoms with Gasteiger partial charge in [-0.25, -0.2) is 4.79 Å². The Bertz CT molecular complexity index is 1260. The molecule has 9 nitrogen and oxygen atoms in total. The molecule has 0 saturated heterocycles. The van der Waals surface area contributed by atoms with Gasteiger partial charge in [0.2, 0.25) is 11.8 Å². The van der Waals surface area contributed by atoms with Crippen molar-refractivity contribution in [2.75, 3.05) is 13.7 Å². The van der Waals surface area contributed by atoms with Crippen LogP contribution >= 0.6 is 0 Å². The molecule has 2 aromatic rings. The van der Waals surface area contributed by atoms with Crippen molar-refractivity contribution in [3.63, 3.8) is 0 Å². The number of ether oxygens (including phenoxy) is 2. The van der Waals surface area contributed by atoms with Crippen molar-refractivity contribution in [3.8, 4) is 0 Å². The zero-order valence-corrected chi connectivity index (χ0v) is 25.1. The summed E-state index contributed by atoms with van der Waals surface area (Å²) >= 11 is 0. The summed E-state index contributed by atoms with van der Waals surface area (Å²) < 4.78 is 10.7. The molecule has 3 N–H and O–H groups in total. The van der Waals surface area contributed by atoms with Gasteiger partial charge in [0.15, 0.2) is 0 Å². The monoisotopic (exact) mass is 589 g/mol. The molecule has 0 radical (unpaired) electrons. The second-order valence-corrected chi connectivity index (χ2v) is 12.7. The van der Waals surface area contributed by atoms with Crippen LogP contribution in [0.25, 0.3) is 0 Å². The maximum atomic E-state index is 13.9. The molecule has 0 heterocycles. The normalized spacial score (nSPS) is 25.6. The fraction of sp³-hybridized carbons (Fsp3) is 0.529. The number of carbonyl (C=O) groups excluding carboxylic acids is 4. The quantitative estimate of drug-likeness (QED) is 0.314. The van der Waals surface area contributed by atoms with E-state index in [1.165, 1.54) is 13.5 Å². The van der Waals surface area contributed by atoms with E-state index in [4.69, 9.17) is 4.74 Å². The van der Waals surface area contributed by atoms with Gasteiger partial charge < -0.3 is 25.4 Å². The molecule has 2 aromatic carbocycles.